The average molecular weight is 522 g/mol. The van der Waals surface area contributed by atoms with Gasteiger partial charge >= 0.3 is 5.97 Å². The molecule has 3 heterocycles. The van der Waals surface area contributed by atoms with Gasteiger partial charge in [0.1, 0.15) is 23.3 Å². The van der Waals surface area contributed by atoms with Crippen LogP contribution in [0.1, 0.15) is 42.5 Å². The van der Waals surface area contributed by atoms with Crippen molar-refractivity contribution in [1.82, 2.24) is 14.3 Å². The number of aromatic amines is 1. The number of carbonyl (C=O) groups is 1. The molecule has 8 nitrogen and oxygen atoms in total. The van der Waals surface area contributed by atoms with Crippen LogP contribution in [0.15, 0.2) is 34.0 Å². The SMILES string of the molecule is C[C@@H]1CCc2c(sc3nc(COC(=O)[C@H]4CCCN4S(=O)(=O)c4ccc(Cl)cc4)[nH]c(=O)c23)C1. The van der Waals surface area contributed by atoms with Crippen LogP contribution in [0.5, 0.6) is 0 Å². The second-order valence-electron chi connectivity index (χ2n) is 8.88. The van der Waals surface area contributed by atoms with Crippen molar-refractivity contribution in [3.05, 3.63) is 55.9 Å². The first-order valence-electron chi connectivity index (χ1n) is 11.2. The molecule has 1 aliphatic heterocycles. The minimum atomic E-state index is -3.87. The molecule has 0 unspecified atom stereocenters. The van der Waals surface area contributed by atoms with E-state index in [9.17, 15) is 18.0 Å². The number of nitrogens with zero attached hydrogens (tertiary/aromatic N) is 2. The van der Waals surface area contributed by atoms with Crippen molar-refractivity contribution in [3.8, 4) is 0 Å². The molecule has 0 saturated carbocycles. The maximum Gasteiger partial charge on any atom is 0.324 e. The summed E-state index contributed by atoms with van der Waals surface area (Å²) in [5.41, 5.74) is 0.861. The highest BCUT2D eigenvalue weighted by molar-refractivity contribution is 7.89. The number of hydrogen-bond donors (Lipinski definition) is 1. The lowest BCUT2D eigenvalue weighted by atomic mass is 9.89. The van der Waals surface area contributed by atoms with Gasteiger partial charge in [0, 0.05) is 16.4 Å². The number of hydrogen-bond acceptors (Lipinski definition) is 7. The lowest BCUT2D eigenvalue weighted by Gasteiger charge is -2.22. The number of rotatable bonds is 5. The molecule has 180 valence electrons. The van der Waals surface area contributed by atoms with Crippen molar-refractivity contribution in [2.75, 3.05) is 6.54 Å². The lowest BCUT2D eigenvalue weighted by molar-refractivity contribution is -0.149. The molecule has 2 aromatic heterocycles. The van der Waals surface area contributed by atoms with Gasteiger partial charge in [-0.3, -0.25) is 9.59 Å². The molecular weight excluding hydrogens is 498 g/mol. The molecule has 11 heteroatoms. The maximum atomic E-state index is 13.1. The van der Waals surface area contributed by atoms with Crippen LogP contribution in [0.25, 0.3) is 10.2 Å². The van der Waals surface area contributed by atoms with Crippen molar-refractivity contribution < 1.29 is 17.9 Å². The van der Waals surface area contributed by atoms with E-state index in [2.05, 4.69) is 16.9 Å². The summed E-state index contributed by atoms with van der Waals surface area (Å²) in [6.07, 6.45) is 3.78. The van der Waals surface area contributed by atoms with Gasteiger partial charge in [-0.2, -0.15) is 4.31 Å². The third-order valence-electron chi connectivity index (χ3n) is 6.46. The van der Waals surface area contributed by atoms with Gasteiger partial charge in [0.25, 0.3) is 5.56 Å². The highest BCUT2D eigenvalue weighted by atomic mass is 35.5. The van der Waals surface area contributed by atoms with Crippen molar-refractivity contribution in [1.29, 1.82) is 0 Å². The fraction of sp³-hybridized carbons (Fsp3) is 0.435. The van der Waals surface area contributed by atoms with E-state index in [4.69, 9.17) is 16.3 Å². The predicted molar refractivity (Wildman–Crippen MR) is 130 cm³/mol. The van der Waals surface area contributed by atoms with Crippen LogP contribution in [0, 0.1) is 5.92 Å². The Labute approximate surface area is 206 Å². The zero-order valence-corrected chi connectivity index (χ0v) is 20.9. The summed E-state index contributed by atoms with van der Waals surface area (Å²) in [5, 5.41) is 1.06. The summed E-state index contributed by atoms with van der Waals surface area (Å²) < 4.78 is 32.7. The first kappa shape index (κ1) is 23.5. The first-order chi connectivity index (χ1) is 16.2. The van der Waals surface area contributed by atoms with Crippen molar-refractivity contribution >= 4 is 49.1 Å². The number of benzene rings is 1. The molecule has 1 aliphatic carbocycles. The molecule has 0 spiro atoms. The number of thiophene rings is 1. The fourth-order valence-electron chi connectivity index (χ4n) is 4.70. The van der Waals surface area contributed by atoms with E-state index < -0.39 is 22.0 Å². The summed E-state index contributed by atoms with van der Waals surface area (Å²) in [6, 6.07) is 4.91. The summed E-state index contributed by atoms with van der Waals surface area (Å²) in [7, 11) is -3.87. The Hall–Kier alpha value is -2.27. The average Bonchev–Trinajstić information content (AvgIpc) is 3.43. The summed E-state index contributed by atoms with van der Waals surface area (Å²) >= 11 is 7.40. The van der Waals surface area contributed by atoms with E-state index in [1.54, 1.807) is 0 Å². The molecular formula is C23H24ClN3O5S2. The molecule has 1 saturated heterocycles. The molecule has 5 rings (SSSR count). The molecule has 1 N–H and O–H groups in total. The van der Waals surface area contributed by atoms with Crippen LogP contribution in [0.2, 0.25) is 5.02 Å². The van der Waals surface area contributed by atoms with Crippen LogP contribution < -0.4 is 5.56 Å². The normalized spacial score (nSPS) is 21.0. The third-order valence-corrected chi connectivity index (χ3v) is 9.78. The number of aryl methyl sites for hydroxylation is 1. The van der Waals surface area contributed by atoms with Crippen LogP contribution in [0.4, 0.5) is 0 Å². The van der Waals surface area contributed by atoms with Gasteiger partial charge in [0.2, 0.25) is 10.0 Å². The molecule has 2 aliphatic rings. The molecule has 34 heavy (non-hydrogen) atoms. The number of fused-ring (bicyclic) bond motifs is 3. The lowest BCUT2D eigenvalue weighted by Crippen LogP contribution is -2.41. The number of halogens is 1. The highest BCUT2D eigenvalue weighted by Gasteiger charge is 2.40. The van der Waals surface area contributed by atoms with E-state index in [1.165, 1.54) is 44.8 Å². The zero-order chi connectivity index (χ0) is 24.0. The number of ether oxygens (including phenoxy) is 1. The topological polar surface area (TPSA) is 109 Å². The minimum Gasteiger partial charge on any atom is -0.456 e. The highest BCUT2D eigenvalue weighted by Crippen LogP contribution is 2.35. The van der Waals surface area contributed by atoms with Gasteiger partial charge in [-0.05, 0) is 67.9 Å². The number of H-pyrrole nitrogens is 1. The van der Waals surface area contributed by atoms with Gasteiger partial charge in [-0.25, -0.2) is 13.4 Å². The van der Waals surface area contributed by atoms with Gasteiger partial charge in [-0.1, -0.05) is 18.5 Å². The molecule has 2 atom stereocenters. The number of carbonyl (C=O) groups excluding carboxylic acids is 1. The summed E-state index contributed by atoms with van der Waals surface area (Å²) in [4.78, 5) is 34.8. The van der Waals surface area contributed by atoms with Gasteiger partial charge < -0.3 is 9.72 Å². The largest absolute Gasteiger partial charge is 0.456 e. The third kappa shape index (κ3) is 4.28. The predicted octanol–water partition coefficient (Wildman–Crippen LogP) is 3.66. The van der Waals surface area contributed by atoms with Gasteiger partial charge in [0.15, 0.2) is 0 Å². The second kappa shape index (κ2) is 9.07. The van der Waals surface area contributed by atoms with Gasteiger partial charge in [-0.15, -0.1) is 11.3 Å². The Morgan fingerprint density at radius 3 is 2.82 bits per heavy atom. The molecule has 0 bridgehead atoms. The standard InChI is InChI=1S/C23H24ClN3O5S2/c1-13-4-9-16-18(11-13)33-22-20(16)21(28)25-19(26-22)12-32-23(29)17-3-2-10-27(17)34(30,31)15-7-5-14(24)6-8-15/h5-8,13,17H,2-4,9-12H2,1H3,(H,25,26,28)/t13-,17-/m1/s1. The molecule has 1 aromatic carbocycles. The van der Waals surface area contributed by atoms with Gasteiger partial charge in [0.05, 0.1) is 10.3 Å². The van der Waals surface area contributed by atoms with E-state index in [0.29, 0.717) is 34.0 Å². The number of aromatic nitrogens is 2. The Morgan fingerprint density at radius 1 is 1.29 bits per heavy atom. The van der Waals surface area contributed by atoms with Crippen LogP contribution in [-0.4, -0.2) is 41.2 Å². The molecule has 1 fully saturated rings. The Bertz CT molecular complexity index is 1410. The van der Waals surface area contributed by atoms with Crippen LogP contribution in [0.3, 0.4) is 0 Å². The monoisotopic (exact) mass is 521 g/mol. The Morgan fingerprint density at radius 2 is 2.06 bits per heavy atom. The second-order valence-corrected chi connectivity index (χ2v) is 12.3. The number of esters is 1. The van der Waals surface area contributed by atoms with E-state index in [0.717, 1.165) is 24.8 Å². The van der Waals surface area contributed by atoms with E-state index >= 15 is 0 Å². The van der Waals surface area contributed by atoms with Crippen LogP contribution >= 0.6 is 22.9 Å². The molecule has 3 aromatic rings. The smallest absolute Gasteiger partial charge is 0.324 e. The van der Waals surface area contributed by atoms with Crippen molar-refractivity contribution in [2.24, 2.45) is 5.92 Å². The van der Waals surface area contributed by atoms with Crippen molar-refractivity contribution in [3.63, 3.8) is 0 Å². The minimum absolute atomic E-state index is 0.0732. The summed E-state index contributed by atoms with van der Waals surface area (Å²) in [6.45, 7) is 2.20. The fourth-order valence-corrected chi connectivity index (χ4v) is 7.88. The quantitative estimate of drug-likeness (QED) is 0.513. The number of sulfonamides is 1. The number of nitrogens with one attached hydrogen (secondary N) is 1. The van der Waals surface area contributed by atoms with E-state index in [-0.39, 0.29) is 29.4 Å². The zero-order valence-electron chi connectivity index (χ0n) is 18.5. The van der Waals surface area contributed by atoms with Crippen LogP contribution in [-0.2, 0) is 39.0 Å². The maximum absolute atomic E-state index is 13.1. The summed E-state index contributed by atoms with van der Waals surface area (Å²) in [5.74, 6) is 0.179. The van der Waals surface area contributed by atoms with Crippen molar-refractivity contribution in [2.45, 2.75) is 56.6 Å². The Kier molecular flexibility index (Phi) is 6.26. The first-order valence-corrected chi connectivity index (χ1v) is 13.8. The molecule has 0 radical (unpaired) electrons. The van der Waals surface area contributed by atoms with E-state index in [1.807, 2.05) is 0 Å². The Balaban J connectivity index is 1.32. The molecule has 0 amide bonds.